The number of nitrogens with one attached hydrogen (secondary N) is 1. The van der Waals surface area contributed by atoms with Crippen molar-refractivity contribution in [2.45, 2.75) is 65.2 Å². The summed E-state index contributed by atoms with van der Waals surface area (Å²) in [5.74, 6) is -2.66. The minimum absolute atomic E-state index is 0.158. The molecule has 9 heteroatoms. The predicted octanol–water partition coefficient (Wildman–Crippen LogP) is 3.10. The Morgan fingerprint density at radius 2 is 1.72 bits per heavy atom. The van der Waals surface area contributed by atoms with Crippen molar-refractivity contribution in [3.63, 3.8) is 0 Å². The fourth-order valence-electron chi connectivity index (χ4n) is 2.07. The molecular weight excluding hydrogens is 383 g/mol. The molecule has 1 rings (SSSR count). The van der Waals surface area contributed by atoms with E-state index in [-0.39, 0.29) is 17.8 Å². The average molecular weight is 410 g/mol. The number of nitrogens with zero attached hydrogens (tertiary/aromatic N) is 1. The van der Waals surface area contributed by atoms with Gasteiger partial charge in [0.1, 0.15) is 23.1 Å². The Labute approximate surface area is 169 Å². The number of pyridine rings is 1. The second-order valence-electron chi connectivity index (χ2n) is 8.28. The second-order valence-corrected chi connectivity index (χ2v) is 8.28. The highest BCUT2D eigenvalue weighted by Gasteiger charge is 2.25. The normalized spacial score (nSPS) is 13.1. The van der Waals surface area contributed by atoms with Gasteiger partial charge in [0.2, 0.25) is 0 Å². The van der Waals surface area contributed by atoms with Crippen LogP contribution in [-0.4, -0.2) is 45.4 Å². The number of hydrogen-bond acceptors (Lipinski definition) is 6. The molecule has 0 aromatic carbocycles. The molecule has 1 atom stereocenters. The van der Waals surface area contributed by atoms with Crippen LogP contribution >= 0.6 is 0 Å². The molecule has 1 amide bonds. The van der Waals surface area contributed by atoms with E-state index >= 15 is 0 Å². The maximum Gasteiger partial charge on any atom is 0.408 e. The molecule has 1 aromatic heterocycles. The number of hydrogen-bond donors (Lipinski definition) is 2. The van der Waals surface area contributed by atoms with E-state index in [0.717, 1.165) is 18.2 Å². The lowest BCUT2D eigenvalue weighted by Gasteiger charge is -2.22. The Balaban J connectivity index is 2.92. The zero-order valence-corrected chi connectivity index (χ0v) is 17.4. The Morgan fingerprint density at radius 1 is 1.14 bits per heavy atom. The van der Waals surface area contributed by atoms with Crippen molar-refractivity contribution < 1.29 is 33.4 Å². The molecule has 2 N–H and O–H groups in total. The van der Waals surface area contributed by atoms with Crippen molar-refractivity contribution in [2.75, 3.05) is 0 Å². The smallest absolute Gasteiger partial charge is 0.408 e. The number of carboxylic acid groups (broad SMARTS) is 1. The molecular formula is C20H27FN2O6. The predicted molar refractivity (Wildman–Crippen MR) is 104 cm³/mol. The Bertz CT molecular complexity index is 793. The first-order valence-electron chi connectivity index (χ1n) is 8.95. The highest BCUT2D eigenvalue weighted by molar-refractivity contribution is 5.87. The van der Waals surface area contributed by atoms with Crippen molar-refractivity contribution in [2.24, 2.45) is 0 Å². The van der Waals surface area contributed by atoms with Crippen molar-refractivity contribution in [3.05, 3.63) is 35.4 Å². The van der Waals surface area contributed by atoms with Crippen molar-refractivity contribution in [1.29, 1.82) is 0 Å². The topological polar surface area (TPSA) is 115 Å². The van der Waals surface area contributed by atoms with Crippen LogP contribution in [0.25, 0.3) is 6.08 Å². The zero-order chi connectivity index (χ0) is 22.4. The van der Waals surface area contributed by atoms with Crippen LogP contribution in [-0.2, 0) is 25.5 Å². The first-order chi connectivity index (χ1) is 13.2. The quantitative estimate of drug-likeness (QED) is 0.547. The van der Waals surface area contributed by atoms with E-state index in [4.69, 9.17) is 9.47 Å². The maximum atomic E-state index is 14.0. The monoisotopic (exact) mass is 410 g/mol. The van der Waals surface area contributed by atoms with Crippen LogP contribution in [0.1, 0.15) is 52.9 Å². The molecule has 0 radical (unpaired) electrons. The van der Waals surface area contributed by atoms with Gasteiger partial charge in [-0.25, -0.2) is 18.8 Å². The van der Waals surface area contributed by atoms with E-state index in [1.54, 1.807) is 41.5 Å². The minimum atomic E-state index is -1.33. The number of esters is 1. The lowest BCUT2D eigenvalue weighted by Crippen LogP contribution is -2.44. The van der Waals surface area contributed by atoms with Crippen LogP contribution in [0.3, 0.4) is 0 Å². The summed E-state index contributed by atoms with van der Waals surface area (Å²) < 4.78 is 24.1. The SMILES string of the molecule is CC(C)(C)OC(=O)C=Cc1nc(CC(NC(=O)OC(C)(C)C)C(=O)O)ccc1F. The molecule has 8 nitrogen and oxygen atoms in total. The van der Waals surface area contributed by atoms with Gasteiger partial charge >= 0.3 is 18.0 Å². The van der Waals surface area contributed by atoms with Crippen LogP contribution in [0.15, 0.2) is 18.2 Å². The van der Waals surface area contributed by atoms with Crippen LogP contribution in [0, 0.1) is 5.82 Å². The van der Waals surface area contributed by atoms with E-state index in [1.165, 1.54) is 6.07 Å². The third-order valence-corrected chi connectivity index (χ3v) is 3.12. The molecule has 1 aromatic rings. The minimum Gasteiger partial charge on any atom is -0.480 e. The number of amides is 1. The summed E-state index contributed by atoms with van der Waals surface area (Å²) in [6.45, 7) is 10.0. The van der Waals surface area contributed by atoms with E-state index in [9.17, 15) is 23.9 Å². The summed E-state index contributed by atoms with van der Waals surface area (Å²) in [6.07, 6.45) is 1.08. The van der Waals surface area contributed by atoms with Gasteiger partial charge in [0.15, 0.2) is 0 Å². The third kappa shape index (κ3) is 9.68. The van der Waals surface area contributed by atoms with Gasteiger partial charge in [-0.1, -0.05) is 0 Å². The van der Waals surface area contributed by atoms with Crippen molar-refractivity contribution in [1.82, 2.24) is 10.3 Å². The number of carbonyl (C=O) groups is 3. The van der Waals surface area contributed by atoms with Gasteiger partial charge in [0.05, 0.1) is 5.69 Å². The summed E-state index contributed by atoms with van der Waals surface area (Å²) in [7, 11) is 0. The van der Waals surface area contributed by atoms with Crippen molar-refractivity contribution >= 4 is 24.1 Å². The number of aromatic nitrogens is 1. The van der Waals surface area contributed by atoms with Gasteiger partial charge in [-0.15, -0.1) is 0 Å². The van der Waals surface area contributed by atoms with E-state index in [1.807, 2.05) is 0 Å². The number of halogens is 1. The van der Waals surface area contributed by atoms with Gasteiger partial charge < -0.3 is 19.9 Å². The molecule has 0 aliphatic rings. The molecule has 0 saturated heterocycles. The molecule has 29 heavy (non-hydrogen) atoms. The van der Waals surface area contributed by atoms with Gasteiger partial charge in [0.25, 0.3) is 0 Å². The summed E-state index contributed by atoms with van der Waals surface area (Å²) in [5.41, 5.74) is -1.44. The van der Waals surface area contributed by atoms with Gasteiger partial charge in [-0.2, -0.15) is 0 Å². The molecule has 160 valence electrons. The molecule has 0 saturated carbocycles. The molecule has 0 aliphatic heterocycles. The molecule has 1 unspecified atom stereocenters. The van der Waals surface area contributed by atoms with E-state index in [2.05, 4.69) is 10.3 Å². The highest BCUT2D eigenvalue weighted by atomic mass is 19.1. The molecule has 0 aliphatic carbocycles. The largest absolute Gasteiger partial charge is 0.480 e. The number of rotatable bonds is 6. The second kappa shape index (κ2) is 9.49. The fourth-order valence-corrected chi connectivity index (χ4v) is 2.07. The molecule has 1 heterocycles. The first kappa shape index (κ1) is 24.1. The fraction of sp³-hybridized carbons (Fsp3) is 0.500. The average Bonchev–Trinajstić information content (AvgIpc) is 2.51. The zero-order valence-electron chi connectivity index (χ0n) is 17.4. The molecule has 0 spiro atoms. The van der Waals surface area contributed by atoms with Crippen molar-refractivity contribution in [3.8, 4) is 0 Å². The van der Waals surface area contributed by atoms with Gasteiger partial charge in [-0.05, 0) is 59.8 Å². The third-order valence-electron chi connectivity index (χ3n) is 3.12. The number of aliphatic carboxylic acids is 1. The number of carbonyl (C=O) groups excluding carboxylic acids is 2. The number of alkyl carbamates (subject to hydrolysis) is 1. The maximum absolute atomic E-state index is 14.0. The van der Waals surface area contributed by atoms with Gasteiger partial charge in [-0.3, -0.25) is 4.98 Å². The van der Waals surface area contributed by atoms with Crippen LogP contribution in [0.4, 0.5) is 9.18 Å². The summed E-state index contributed by atoms with van der Waals surface area (Å²) in [4.78, 5) is 39.0. The van der Waals surface area contributed by atoms with Crippen LogP contribution < -0.4 is 5.32 Å². The molecule has 0 fully saturated rings. The Kier molecular flexibility index (Phi) is 7.87. The highest BCUT2D eigenvalue weighted by Crippen LogP contribution is 2.13. The van der Waals surface area contributed by atoms with Crippen LogP contribution in [0.5, 0.6) is 0 Å². The Morgan fingerprint density at radius 3 is 2.24 bits per heavy atom. The van der Waals surface area contributed by atoms with Gasteiger partial charge in [0, 0.05) is 18.2 Å². The lowest BCUT2D eigenvalue weighted by atomic mass is 10.1. The Hall–Kier alpha value is -2.97. The van der Waals surface area contributed by atoms with Crippen LogP contribution in [0.2, 0.25) is 0 Å². The van der Waals surface area contributed by atoms with E-state index < -0.39 is 41.1 Å². The first-order valence-corrected chi connectivity index (χ1v) is 8.95. The summed E-state index contributed by atoms with van der Waals surface area (Å²) in [6, 6.07) is 1.07. The number of carboxylic acids is 1. The van der Waals surface area contributed by atoms with E-state index in [0.29, 0.717) is 0 Å². The molecule has 0 bridgehead atoms. The number of ether oxygens (including phenoxy) is 2. The summed E-state index contributed by atoms with van der Waals surface area (Å²) >= 11 is 0. The lowest BCUT2D eigenvalue weighted by molar-refractivity contribution is -0.148. The summed E-state index contributed by atoms with van der Waals surface area (Å²) in [5, 5.41) is 11.6. The standard InChI is InChI=1S/C20H27FN2O6/c1-19(2,3)28-16(24)10-9-14-13(21)8-7-12(22-14)11-15(17(25)26)23-18(27)29-20(4,5)6/h7-10,15H,11H2,1-6H3,(H,23,27)(H,25,26).